The first-order chi connectivity index (χ1) is 18.6. The average Bonchev–Trinajstić information content (AvgIpc) is 2.89. The van der Waals surface area contributed by atoms with E-state index in [1.54, 1.807) is 0 Å². The molecule has 1 unspecified atom stereocenters. The predicted molar refractivity (Wildman–Crippen MR) is 170 cm³/mol. The number of hydrogen-bond acceptors (Lipinski definition) is 1. The van der Waals surface area contributed by atoms with Gasteiger partial charge in [0.2, 0.25) is 0 Å². The monoisotopic (exact) mass is 533 g/mol. The number of rotatable bonds is 30. The van der Waals surface area contributed by atoms with E-state index in [1.807, 2.05) is 0 Å². The highest BCUT2D eigenvalue weighted by molar-refractivity contribution is 5.69. The smallest absolute Gasteiger partial charge is 0.306 e. The van der Waals surface area contributed by atoms with E-state index in [4.69, 9.17) is 0 Å². The molecule has 0 bridgehead atoms. The van der Waals surface area contributed by atoms with Crippen LogP contribution in [-0.4, -0.2) is 11.1 Å². The Balaban J connectivity index is 3.48. The van der Waals surface area contributed by atoms with Crippen LogP contribution < -0.4 is 0 Å². The van der Waals surface area contributed by atoms with Gasteiger partial charge in [-0.2, -0.15) is 0 Å². The number of aliphatic carboxylic acids is 1. The average molecular weight is 533 g/mol. The van der Waals surface area contributed by atoms with Crippen molar-refractivity contribution in [3.63, 3.8) is 0 Å². The lowest BCUT2D eigenvalue weighted by Crippen LogP contribution is -2.13. The summed E-state index contributed by atoms with van der Waals surface area (Å²) >= 11 is 0. The molecule has 2 nitrogen and oxygen atoms in total. The van der Waals surface area contributed by atoms with Crippen LogP contribution >= 0.6 is 0 Å². The van der Waals surface area contributed by atoms with E-state index in [2.05, 4.69) is 45.1 Å². The maximum Gasteiger partial charge on any atom is 0.306 e. The fourth-order valence-electron chi connectivity index (χ4n) is 5.30. The van der Waals surface area contributed by atoms with E-state index >= 15 is 0 Å². The van der Waals surface area contributed by atoms with Gasteiger partial charge in [-0.15, -0.1) is 0 Å². The van der Waals surface area contributed by atoms with Gasteiger partial charge in [0.25, 0.3) is 0 Å². The molecule has 0 aliphatic carbocycles. The van der Waals surface area contributed by atoms with Gasteiger partial charge in [0.15, 0.2) is 0 Å². The standard InChI is InChI=1S/C36H68O2/c1-4-5-6-7-8-9-10-11-14-17-20-23-26-29-32-35(36(37)38)33-30-27-24-21-18-15-12-13-16-19-22-25-28-31-34(2)3/h8-9,11,14,34-35H,4-7,10,12-13,15-33H2,1-3H3,(H,37,38)/b9-8-,14-11-. The minimum atomic E-state index is -0.574. The minimum Gasteiger partial charge on any atom is -0.481 e. The summed E-state index contributed by atoms with van der Waals surface area (Å²) in [6.07, 6.45) is 42.0. The molecule has 0 aromatic heterocycles. The van der Waals surface area contributed by atoms with Crippen LogP contribution in [0, 0.1) is 11.8 Å². The van der Waals surface area contributed by atoms with Gasteiger partial charge in [-0.1, -0.05) is 167 Å². The molecule has 0 saturated heterocycles. The first kappa shape index (κ1) is 37.0. The van der Waals surface area contributed by atoms with Crippen molar-refractivity contribution in [2.75, 3.05) is 0 Å². The number of hydrogen-bond donors (Lipinski definition) is 1. The van der Waals surface area contributed by atoms with Crippen LogP contribution in [0.3, 0.4) is 0 Å². The molecule has 0 aromatic carbocycles. The van der Waals surface area contributed by atoms with Crippen molar-refractivity contribution in [3.8, 4) is 0 Å². The fourth-order valence-corrected chi connectivity index (χ4v) is 5.30. The fraction of sp³-hybridized carbons (Fsp3) is 0.861. The Kier molecular flexibility index (Phi) is 29.6. The van der Waals surface area contributed by atoms with Crippen LogP contribution in [0.4, 0.5) is 0 Å². The van der Waals surface area contributed by atoms with E-state index in [-0.39, 0.29) is 5.92 Å². The summed E-state index contributed by atoms with van der Waals surface area (Å²) in [6, 6.07) is 0. The molecule has 2 heteroatoms. The van der Waals surface area contributed by atoms with Gasteiger partial charge in [-0.05, 0) is 50.9 Å². The van der Waals surface area contributed by atoms with E-state index in [9.17, 15) is 9.90 Å². The molecule has 1 atom stereocenters. The normalized spacial score (nSPS) is 12.8. The van der Waals surface area contributed by atoms with Gasteiger partial charge in [0, 0.05) is 0 Å². The quantitative estimate of drug-likeness (QED) is 0.0737. The third kappa shape index (κ3) is 29.5. The number of carboxylic acids is 1. The molecule has 0 spiro atoms. The Hall–Kier alpha value is -1.05. The summed E-state index contributed by atoms with van der Waals surface area (Å²) in [5, 5.41) is 9.59. The molecule has 0 aliphatic heterocycles. The summed E-state index contributed by atoms with van der Waals surface area (Å²) in [7, 11) is 0. The van der Waals surface area contributed by atoms with E-state index in [1.165, 1.54) is 128 Å². The van der Waals surface area contributed by atoms with Crippen molar-refractivity contribution in [1.29, 1.82) is 0 Å². The Morgan fingerprint density at radius 3 is 1.29 bits per heavy atom. The summed E-state index contributed by atoms with van der Waals surface area (Å²) in [6.45, 7) is 6.90. The summed E-state index contributed by atoms with van der Waals surface area (Å²) < 4.78 is 0. The molecule has 38 heavy (non-hydrogen) atoms. The molecular formula is C36H68O2. The Bertz CT molecular complexity index is 533. The lowest BCUT2D eigenvalue weighted by molar-refractivity contribution is -0.142. The number of unbranched alkanes of at least 4 members (excludes halogenated alkanes) is 19. The van der Waals surface area contributed by atoms with Gasteiger partial charge in [-0.3, -0.25) is 4.79 Å². The van der Waals surface area contributed by atoms with Crippen molar-refractivity contribution in [1.82, 2.24) is 0 Å². The van der Waals surface area contributed by atoms with E-state index in [0.29, 0.717) is 0 Å². The number of carboxylic acid groups (broad SMARTS) is 1. The molecule has 0 aliphatic rings. The highest BCUT2D eigenvalue weighted by atomic mass is 16.4. The third-order valence-corrected chi connectivity index (χ3v) is 7.94. The molecule has 1 N–H and O–H groups in total. The zero-order chi connectivity index (χ0) is 27.9. The highest BCUT2D eigenvalue weighted by Gasteiger charge is 2.16. The van der Waals surface area contributed by atoms with Crippen LogP contribution in [-0.2, 0) is 4.79 Å². The van der Waals surface area contributed by atoms with Gasteiger partial charge in [0.1, 0.15) is 0 Å². The molecular weight excluding hydrogens is 464 g/mol. The molecule has 224 valence electrons. The lowest BCUT2D eigenvalue weighted by Gasteiger charge is -2.12. The Morgan fingerprint density at radius 1 is 0.526 bits per heavy atom. The number of allylic oxidation sites excluding steroid dienone is 4. The van der Waals surface area contributed by atoms with Crippen LogP contribution in [0.2, 0.25) is 0 Å². The molecule has 0 amide bonds. The third-order valence-electron chi connectivity index (χ3n) is 7.94. The Morgan fingerprint density at radius 2 is 0.895 bits per heavy atom. The first-order valence-electron chi connectivity index (χ1n) is 17.1. The van der Waals surface area contributed by atoms with E-state index in [0.717, 1.165) is 44.4 Å². The maximum absolute atomic E-state index is 11.6. The van der Waals surface area contributed by atoms with Crippen molar-refractivity contribution < 1.29 is 9.90 Å². The number of carbonyl (C=O) groups is 1. The van der Waals surface area contributed by atoms with Crippen molar-refractivity contribution in [2.24, 2.45) is 11.8 Å². The zero-order valence-electron chi connectivity index (χ0n) is 26.2. The van der Waals surface area contributed by atoms with Crippen LogP contribution in [0.15, 0.2) is 24.3 Å². The second kappa shape index (κ2) is 30.5. The van der Waals surface area contributed by atoms with Crippen LogP contribution in [0.5, 0.6) is 0 Å². The van der Waals surface area contributed by atoms with Gasteiger partial charge in [-0.25, -0.2) is 0 Å². The topological polar surface area (TPSA) is 37.3 Å². The molecule has 0 aromatic rings. The highest BCUT2D eigenvalue weighted by Crippen LogP contribution is 2.20. The van der Waals surface area contributed by atoms with Gasteiger partial charge >= 0.3 is 5.97 Å². The molecule has 0 rings (SSSR count). The largest absolute Gasteiger partial charge is 0.481 e. The molecule has 0 saturated carbocycles. The SMILES string of the molecule is CCCCC/C=C\C/C=C\CCCCCCC(CCCCCCCCCCCCCCCC(C)C)C(=O)O. The van der Waals surface area contributed by atoms with Crippen molar-refractivity contribution >= 4 is 5.97 Å². The van der Waals surface area contributed by atoms with Crippen molar-refractivity contribution in [2.45, 2.75) is 188 Å². The molecule has 0 fully saturated rings. The summed E-state index contributed by atoms with van der Waals surface area (Å²) in [4.78, 5) is 11.6. The van der Waals surface area contributed by atoms with Crippen LogP contribution in [0.1, 0.15) is 188 Å². The summed E-state index contributed by atoms with van der Waals surface area (Å²) in [5.41, 5.74) is 0. The van der Waals surface area contributed by atoms with E-state index < -0.39 is 5.97 Å². The molecule has 0 radical (unpaired) electrons. The van der Waals surface area contributed by atoms with Crippen LogP contribution in [0.25, 0.3) is 0 Å². The zero-order valence-corrected chi connectivity index (χ0v) is 26.2. The van der Waals surface area contributed by atoms with Gasteiger partial charge in [0.05, 0.1) is 5.92 Å². The minimum absolute atomic E-state index is 0.121. The predicted octanol–water partition coefficient (Wildman–Crippen LogP) is 12.6. The maximum atomic E-state index is 11.6. The lowest BCUT2D eigenvalue weighted by atomic mass is 9.94. The summed E-state index contributed by atoms with van der Waals surface area (Å²) in [5.74, 6) is 0.171. The first-order valence-corrected chi connectivity index (χ1v) is 17.1. The van der Waals surface area contributed by atoms with Crippen molar-refractivity contribution in [3.05, 3.63) is 24.3 Å². The second-order valence-electron chi connectivity index (χ2n) is 12.3. The Labute approximate surface area is 239 Å². The van der Waals surface area contributed by atoms with Gasteiger partial charge < -0.3 is 5.11 Å². The second-order valence-corrected chi connectivity index (χ2v) is 12.3. The molecule has 0 heterocycles.